The van der Waals surface area contributed by atoms with E-state index in [1.165, 1.54) is 19.3 Å². The van der Waals surface area contributed by atoms with Gasteiger partial charge in [0.1, 0.15) is 5.78 Å². The third-order valence-electron chi connectivity index (χ3n) is 3.65. The number of rotatable bonds is 5. The summed E-state index contributed by atoms with van der Waals surface area (Å²) in [6.45, 7) is 8.68. The monoisotopic (exact) mass is 226 g/mol. The maximum atomic E-state index is 11.7. The number of hydrogen-bond acceptors (Lipinski definition) is 2. The van der Waals surface area contributed by atoms with Gasteiger partial charge in [-0.2, -0.15) is 0 Å². The Bertz CT molecular complexity index is 227. The van der Waals surface area contributed by atoms with Crippen LogP contribution in [0.2, 0.25) is 0 Å². The van der Waals surface area contributed by atoms with Crippen molar-refractivity contribution >= 4 is 5.78 Å². The first-order chi connectivity index (χ1) is 7.44. The Morgan fingerprint density at radius 3 is 2.25 bits per heavy atom. The molecule has 0 N–H and O–H groups in total. The van der Waals surface area contributed by atoms with Gasteiger partial charge in [-0.3, -0.25) is 4.79 Å². The van der Waals surface area contributed by atoms with E-state index in [4.69, 9.17) is 4.74 Å². The zero-order valence-corrected chi connectivity index (χ0v) is 11.2. The smallest absolute Gasteiger partial charge is 0.140 e. The number of carbonyl (C=O) groups excluding carboxylic acids is 1. The highest BCUT2D eigenvalue weighted by atomic mass is 16.5. The van der Waals surface area contributed by atoms with Crippen LogP contribution in [0.5, 0.6) is 0 Å². The van der Waals surface area contributed by atoms with Gasteiger partial charge in [0, 0.05) is 11.8 Å². The van der Waals surface area contributed by atoms with Crippen LogP contribution in [0.3, 0.4) is 0 Å². The quantitative estimate of drug-likeness (QED) is 0.716. The molecule has 0 spiro atoms. The van der Waals surface area contributed by atoms with Crippen LogP contribution in [-0.4, -0.2) is 18.0 Å². The fraction of sp³-hybridized carbons (Fsp3) is 0.929. The highest BCUT2D eigenvalue weighted by molar-refractivity contribution is 5.82. The van der Waals surface area contributed by atoms with E-state index in [9.17, 15) is 4.79 Å². The van der Waals surface area contributed by atoms with Crippen LogP contribution < -0.4 is 0 Å². The summed E-state index contributed by atoms with van der Waals surface area (Å²) in [5, 5.41) is 0. The topological polar surface area (TPSA) is 26.3 Å². The largest absolute Gasteiger partial charge is 0.375 e. The van der Waals surface area contributed by atoms with E-state index in [-0.39, 0.29) is 17.4 Å². The minimum Gasteiger partial charge on any atom is -0.375 e. The van der Waals surface area contributed by atoms with Crippen LogP contribution in [0.15, 0.2) is 0 Å². The van der Waals surface area contributed by atoms with Crippen molar-refractivity contribution in [1.82, 2.24) is 0 Å². The molecule has 0 radical (unpaired) electrons. The van der Waals surface area contributed by atoms with Gasteiger partial charge < -0.3 is 4.74 Å². The predicted octanol–water partition coefficient (Wildman–Crippen LogP) is 3.59. The van der Waals surface area contributed by atoms with Gasteiger partial charge in [-0.05, 0) is 19.8 Å². The first-order valence-electron chi connectivity index (χ1n) is 6.62. The summed E-state index contributed by atoms with van der Waals surface area (Å²) in [7, 11) is 0. The molecule has 1 unspecified atom stereocenters. The Morgan fingerprint density at radius 1 is 1.19 bits per heavy atom. The van der Waals surface area contributed by atoms with E-state index in [1.54, 1.807) is 0 Å². The third kappa shape index (κ3) is 3.89. The summed E-state index contributed by atoms with van der Waals surface area (Å²) in [5.74, 6) is 0.482. The first-order valence-corrected chi connectivity index (χ1v) is 6.62. The Labute approximate surface area is 99.8 Å². The van der Waals surface area contributed by atoms with E-state index >= 15 is 0 Å². The molecule has 1 aliphatic carbocycles. The van der Waals surface area contributed by atoms with Crippen molar-refractivity contribution < 1.29 is 9.53 Å². The molecule has 0 aliphatic heterocycles. The Balaban J connectivity index is 2.35. The molecule has 94 valence electrons. The molecule has 0 bridgehead atoms. The molecule has 1 atom stereocenters. The van der Waals surface area contributed by atoms with Crippen molar-refractivity contribution in [2.24, 2.45) is 11.8 Å². The fourth-order valence-electron chi connectivity index (χ4n) is 2.42. The second-order valence-corrected chi connectivity index (χ2v) is 5.78. The molecular weight excluding hydrogens is 200 g/mol. The van der Waals surface area contributed by atoms with Gasteiger partial charge >= 0.3 is 0 Å². The van der Waals surface area contributed by atoms with Crippen molar-refractivity contribution in [3.8, 4) is 0 Å². The maximum absolute atomic E-state index is 11.7. The van der Waals surface area contributed by atoms with Crippen molar-refractivity contribution in [3.05, 3.63) is 0 Å². The van der Waals surface area contributed by atoms with Crippen molar-refractivity contribution in [3.63, 3.8) is 0 Å². The highest BCUT2D eigenvalue weighted by Gasteiger charge is 2.29. The summed E-state index contributed by atoms with van der Waals surface area (Å²) in [6.07, 6.45) is 6.16. The summed E-state index contributed by atoms with van der Waals surface area (Å²) in [5.41, 5.74) is 0.0315. The maximum Gasteiger partial charge on any atom is 0.140 e. The molecule has 0 aromatic heterocycles. The second-order valence-electron chi connectivity index (χ2n) is 5.78. The molecule has 2 heteroatoms. The standard InChI is InChI=1S/C14H26O2/c1-11(2)13(15)12(3)10-16-14(4)8-6-5-7-9-14/h11-12H,5-10H2,1-4H3. The van der Waals surface area contributed by atoms with Crippen LogP contribution in [0.4, 0.5) is 0 Å². The second kappa shape index (κ2) is 5.81. The zero-order valence-electron chi connectivity index (χ0n) is 11.2. The molecule has 0 amide bonds. The molecule has 0 heterocycles. The molecule has 16 heavy (non-hydrogen) atoms. The first kappa shape index (κ1) is 13.7. The lowest BCUT2D eigenvalue weighted by Gasteiger charge is -2.34. The Morgan fingerprint density at radius 2 is 1.75 bits per heavy atom. The molecule has 0 aromatic carbocycles. The lowest BCUT2D eigenvalue weighted by atomic mass is 9.86. The zero-order chi connectivity index (χ0) is 12.2. The Kier molecular flexibility index (Phi) is 4.97. The molecule has 0 saturated heterocycles. The molecule has 1 rings (SSSR count). The van der Waals surface area contributed by atoms with Crippen molar-refractivity contribution in [1.29, 1.82) is 0 Å². The van der Waals surface area contributed by atoms with Gasteiger partial charge in [-0.1, -0.05) is 40.0 Å². The van der Waals surface area contributed by atoms with Crippen LogP contribution in [0.1, 0.15) is 59.8 Å². The summed E-state index contributed by atoms with van der Waals surface area (Å²) in [4.78, 5) is 11.7. The highest BCUT2D eigenvalue weighted by Crippen LogP contribution is 2.31. The predicted molar refractivity (Wildman–Crippen MR) is 66.5 cm³/mol. The summed E-state index contributed by atoms with van der Waals surface area (Å²) in [6, 6.07) is 0. The molecule has 2 nitrogen and oxygen atoms in total. The molecule has 1 aliphatic rings. The average molecular weight is 226 g/mol. The molecule has 1 fully saturated rings. The normalized spacial score (nSPS) is 22.1. The molecule has 1 saturated carbocycles. The van der Waals surface area contributed by atoms with E-state index in [0.29, 0.717) is 12.4 Å². The van der Waals surface area contributed by atoms with Gasteiger partial charge in [-0.25, -0.2) is 0 Å². The fourth-order valence-corrected chi connectivity index (χ4v) is 2.42. The Hall–Kier alpha value is -0.370. The van der Waals surface area contributed by atoms with Crippen LogP contribution in [-0.2, 0) is 9.53 Å². The van der Waals surface area contributed by atoms with Crippen LogP contribution in [0, 0.1) is 11.8 Å². The number of ketones is 1. The van der Waals surface area contributed by atoms with E-state index in [2.05, 4.69) is 6.92 Å². The summed E-state index contributed by atoms with van der Waals surface area (Å²) < 4.78 is 5.98. The minimum absolute atomic E-state index is 0.0315. The third-order valence-corrected chi connectivity index (χ3v) is 3.65. The molecular formula is C14H26O2. The minimum atomic E-state index is 0.0315. The average Bonchev–Trinajstić information content (AvgIpc) is 2.26. The number of ether oxygens (including phenoxy) is 1. The lowest BCUT2D eigenvalue weighted by molar-refractivity contribution is -0.131. The van der Waals surface area contributed by atoms with E-state index in [0.717, 1.165) is 12.8 Å². The number of hydrogen-bond donors (Lipinski definition) is 0. The van der Waals surface area contributed by atoms with Crippen LogP contribution in [0.25, 0.3) is 0 Å². The van der Waals surface area contributed by atoms with Gasteiger partial charge in [0.15, 0.2) is 0 Å². The van der Waals surface area contributed by atoms with E-state index in [1.807, 2.05) is 20.8 Å². The van der Waals surface area contributed by atoms with E-state index < -0.39 is 0 Å². The SMILES string of the molecule is CC(C)C(=O)C(C)COC1(C)CCCCC1. The van der Waals surface area contributed by atoms with Crippen LogP contribution >= 0.6 is 0 Å². The van der Waals surface area contributed by atoms with Gasteiger partial charge in [0.25, 0.3) is 0 Å². The van der Waals surface area contributed by atoms with Gasteiger partial charge in [0.2, 0.25) is 0 Å². The van der Waals surface area contributed by atoms with Crippen molar-refractivity contribution in [2.75, 3.05) is 6.61 Å². The number of carbonyl (C=O) groups is 1. The van der Waals surface area contributed by atoms with Gasteiger partial charge in [0.05, 0.1) is 12.2 Å². The lowest BCUT2D eigenvalue weighted by Crippen LogP contribution is -2.34. The summed E-state index contributed by atoms with van der Waals surface area (Å²) >= 11 is 0. The number of Topliss-reactive ketones (excluding diaryl/α,β-unsaturated/α-hetero) is 1. The van der Waals surface area contributed by atoms with Crippen molar-refractivity contribution in [2.45, 2.75) is 65.4 Å². The molecule has 0 aromatic rings. The van der Waals surface area contributed by atoms with Gasteiger partial charge in [-0.15, -0.1) is 0 Å².